The quantitative estimate of drug-likeness (QED) is 0.610. The van der Waals surface area contributed by atoms with Crippen molar-refractivity contribution in [1.29, 1.82) is 0 Å². The molecule has 0 bridgehead atoms. The van der Waals surface area contributed by atoms with Gasteiger partial charge < -0.3 is 0 Å². The van der Waals surface area contributed by atoms with E-state index in [1.165, 1.54) is 19.6 Å². The van der Waals surface area contributed by atoms with Gasteiger partial charge in [-0.05, 0) is 0 Å². The maximum atomic E-state index is 6.41. The summed E-state index contributed by atoms with van der Waals surface area (Å²) in [4.78, 5) is 0. The van der Waals surface area contributed by atoms with E-state index in [0.29, 0.717) is 42.1 Å². The van der Waals surface area contributed by atoms with Crippen LogP contribution in [0, 0.1) is 0 Å². The fourth-order valence-electron chi connectivity index (χ4n) is 3.52. The van der Waals surface area contributed by atoms with Crippen LogP contribution in [0.25, 0.3) is 0 Å². The number of hydrogen-bond donors (Lipinski definition) is 0. The zero-order chi connectivity index (χ0) is 17.0. The summed E-state index contributed by atoms with van der Waals surface area (Å²) >= 11 is 1.01. The summed E-state index contributed by atoms with van der Waals surface area (Å²) in [5.41, 5.74) is 0. The Morgan fingerprint density at radius 3 is 1.60 bits per heavy atom. The van der Waals surface area contributed by atoms with Crippen molar-refractivity contribution in [3.8, 4) is 0 Å². The van der Waals surface area contributed by atoms with Gasteiger partial charge in [0.15, 0.2) is 0 Å². The molecule has 0 saturated carbocycles. The molecule has 25 heavy (non-hydrogen) atoms. The third-order valence-electron chi connectivity index (χ3n) is 4.82. The second-order valence-electron chi connectivity index (χ2n) is 6.72. The van der Waals surface area contributed by atoms with Crippen LogP contribution in [0.5, 0.6) is 0 Å². The molecule has 2 aromatic carbocycles. The van der Waals surface area contributed by atoms with Gasteiger partial charge in [0.1, 0.15) is 0 Å². The maximum absolute atomic E-state index is 6.41. The van der Waals surface area contributed by atoms with Crippen molar-refractivity contribution >= 4 is 38.8 Å². The van der Waals surface area contributed by atoms with Crippen LogP contribution in [0.2, 0.25) is 10.6 Å². The second kappa shape index (κ2) is 8.39. The van der Waals surface area contributed by atoms with Crippen molar-refractivity contribution in [2.45, 2.75) is 54.3 Å². The molecule has 2 nitrogen and oxygen atoms in total. The van der Waals surface area contributed by atoms with E-state index in [4.69, 9.17) is 9.47 Å². The first kappa shape index (κ1) is 17.8. The monoisotopic (exact) mass is 468 g/mol. The molecule has 2 atom stereocenters. The fraction of sp³-hybridized carbons (Fsp3) is 0.429. The summed E-state index contributed by atoms with van der Waals surface area (Å²) in [6.45, 7) is 0. The van der Waals surface area contributed by atoms with Crippen molar-refractivity contribution in [1.82, 2.24) is 0 Å². The van der Waals surface area contributed by atoms with Crippen LogP contribution in [0.1, 0.15) is 25.7 Å². The third kappa shape index (κ3) is 4.77. The van der Waals surface area contributed by atoms with Crippen LogP contribution in [0.4, 0.5) is 0 Å². The molecular formula is C21H24O2Se2. The Hall–Kier alpha value is -0.601. The topological polar surface area (TPSA) is 18.5 Å². The van der Waals surface area contributed by atoms with Crippen molar-refractivity contribution in [2.24, 2.45) is 0 Å². The van der Waals surface area contributed by atoms with E-state index in [9.17, 15) is 0 Å². The number of hydrogen-bond acceptors (Lipinski definition) is 2. The Labute approximate surface area is 163 Å². The summed E-state index contributed by atoms with van der Waals surface area (Å²) in [6.07, 6.45) is 5.25. The van der Waals surface area contributed by atoms with E-state index < -0.39 is 0 Å². The Balaban J connectivity index is 1.24. The molecule has 0 aliphatic carbocycles. The fourth-order valence-corrected chi connectivity index (χ4v) is 7.56. The van der Waals surface area contributed by atoms with E-state index in [-0.39, 0.29) is 5.79 Å². The minimum absolute atomic E-state index is 0.255. The SMILES string of the molecule is c1ccc([Se]C[C@H]2CCC3(CC[C@H](C[Se]c4ccccc4)O3)O2)cc1. The Morgan fingerprint density at radius 2 is 1.16 bits per heavy atom. The Bertz CT molecular complexity index is 603. The predicted octanol–water partition coefficient (Wildman–Crippen LogP) is 2.94. The first-order valence-electron chi connectivity index (χ1n) is 9.03. The summed E-state index contributed by atoms with van der Waals surface area (Å²) < 4.78 is 15.8. The van der Waals surface area contributed by atoms with Crippen molar-refractivity contribution in [3.63, 3.8) is 0 Å². The molecule has 2 heterocycles. The molecule has 0 N–H and O–H groups in total. The van der Waals surface area contributed by atoms with Crippen molar-refractivity contribution in [3.05, 3.63) is 60.7 Å². The van der Waals surface area contributed by atoms with Crippen LogP contribution in [-0.2, 0) is 9.47 Å². The molecule has 0 unspecified atom stereocenters. The second-order valence-corrected chi connectivity index (χ2v) is 11.3. The molecule has 132 valence electrons. The van der Waals surface area contributed by atoms with Gasteiger partial charge in [-0.3, -0.25) is 0 Å². The third-order valence-corrected chi connectivity index (χ3v) is 9.62. The molecule has 0 amide bonds. The van der Waals surface area contributed by atoms with Gasteiger partial charge in [0.2, 0.25) is 0 Å². The van der Waals surface area contributed by atoms with E-state index >= 15 is 0 Å². The number of ether oxygens (including phenoxy) is 2. The summed E-state index contributed by atoms with van der Waals surface area (Å²) in [7, 11) is 0. The Kier molecular flexibility index (Phi) is 5.97. The molecule has 1 spiro atoms. The molecule has 4 heteroatoms. The minimum atomic E-state index is -0.255. The van der Waals surface area contributed by atoms with Crippen LogP contribution in [-0.4, -0.2) is 47.9 Å². The zero-order valence-corrected chi connectivity index (χ0v) is 17.7. The standard InChI is InChI=1S/C21H24O2Se2/c1-3-7-19(8-4-1)24-15-17-11-13-21(22-17)14-12-18(23-21)16-25-20-9-5-2-6-10-20/h1-10,17-18H,11-16H2/t17-,18-,21?/m1/s1. The molecule has 0 aromatic heterocycles. The predicted molar refractivity (Wildman–Crippen MR) is 104 cm³/mol. The van der Waals surface area contributed by atoms with Crippen LogP contribution in [0.15, 0.2) is 60.7 Å². The molecular weight excluding hydrogens is 442 g/mol. The normalized spacial score (nSPS) is 24.8. The first-order chi connectivity index (χ1) is 12.3. The molecule has 2 fully saturated rings. The first-order valence-corrected chi connectivity index (χ1v) is 13.2. The van der Waals surface area contributed by atoms with Gasteiger partial charge in [-0.25, -0.2) is 0 Å². The van der Waals surface area contributed by atoms with Gasteiger partial charge in [0.25, 0.3) is 0 Å². The molecule has 2 aliphatic rings. The molecule has 2 aliphatic heterocycles. The summed E-state index contributed by atoms with van der Waals surface area (Å²) in [6, 6.07) is 21.6. The van der Waals surface area contributed by atoms with Gasteiger partial charge in [-0.2, -0.15) is 0 Å². The number of benzene rings is 2. The van der Waals surface area contributed by atoms with Gasteiger partial charge in [-0.1, -0.05) is 0 Å². The summed E-state index contributed by atoms with van der Waals surface area (Å²) in [5.74, 6) is -0.255. The van der Waals surface area contributed by atoms with Crippen LogP contribution >= 0.6 is 0 Å². The van der Waals surface area contributed by atoms with Gasteiger partial charge in [-0.15, -0.1) is 0 Å². The van der Waals surface area contributed by atoms with E-state index in [1.54, 1.807) is 0 Å². The average Bonchev–Trinajstić information content (AvgIpc) is 3.26. The van der Waals surface area contributed by atoms with Crippen LogP contribution < -0.4 is 8.92 Å². The van der Waals surface area contributed by atoms with Crippen LogP contribution in [0.3, 0.4) is 0 Å². The average molecular weight is 466 g/mol. The van der Waals surface area contributed by atoms with Gasteiger partial charge in [0, 0.05) is 0 Å². The van der Waals surface area contributed by atoms with E-state index in [0.717, 1.165) is 25.7 Å². The Morgan fingerprint density at radius 1 is 0.720 bits per heavy atom. The van der Waals surface area contributed by atoms with E-state index in [1.807, 2.05) is 0 Å². The molecule has 4 rings (SSSR count). The molecule has 2 saturated heterocycles. The summed E-state index contributed by atoms with van der Waals surface area (Å²) in [5, 5.41) is 2.33. The van der Waals surface area contributed by atoms with Gasteiger partial charge >= 0.3 is 163 Å². The molecule has 0 radical (unpaired) electrons. The zero-order valence-electron chi connectivity index (χ0n) is 14.3. The molecule has 2 aromatic rings. The van der Waals surface area contributed by atoms with E-state index in [2.05, 4.69) is 60.7 Å². The van der Waals surface area contributed by atoms with Crippen molar-refractivity contribution in [2.75, 3.05) is 0 Å². The van der Waals surface area contributed by atoms with Crippen molar-refractivity contribution < 1.29 is 9.47 Å². The number of rotatable bonds is 6. The van der Waals surface area contributed by atoms with Gasteiger partial charge in [0.05, 0.1) is 0 Å².